The predicted octanol–water partition coefficient (Wildman–Crippen LogP) is 4.07. The fraction of sp³-hybridized carbons (Fsp3) is 0.130. The normalized spacial score (nSPS) is 10.5. The van der Waals surface area contributed by atoms with Gasteiger partial charge in [-0.15, -0.1) is 10.2 Å². The zero-order chi connectivity index (χ0) is 23.9. The Hall–Kier alpha value is -4.25. The number of nitrogens with one attached hydrogen (secondary N) is 3. The number of carbonyl (C=O) groups excluding carboxylic acids is 2. The van der Waals surface area contributed by atoms with Crippen LogP contribution < -0.4 is 20.1 Å². The number of rotatable bonds is 9. The summed E-state index contributed by atoms with van der Waals surface area (Å²) in [5.74, 6) is 0.477. The van der Waals surface area contributed by atoms with E-state index in [4.69, 9.17) is 13.9 Å². The Morgan fingerprint density at radius 1 is 0.971 bits per heavy atom. The van der Waals surface area contributed by atoms with Crippen LogP contribution in [0.2, 0.25) is 0 Å². The summed E-state index contributed by atoms with van der Waals surface area (Å²) in [6, 6.07) is 15.6. The Balaban J connectivity index is 1.42. The highest BCUT2D eigenvalue weighted by Crippen LogP contribution is 2.37. The van der Waals surface area contributed by atoms with E-state index in [-0.39, 0.29) is 22.8 Å². The number of carbonyl (C=O) groups is 2. The SMILES string of the molecule is COc1cc(NC(=O)c2ccccc2)c(OC)cc1NC(=O)CSc1nnc(-c2ccc[nH]2)o1. The summed E-state index contributed by atoms with van der Waals surface area (Å²) in [5.41, 5.74) is 1.99. The summed E-state index contributed by atoms with van der Waals surface area (Å²) in [4.78, 5) is 28.1. The van der Waals surface area contributed by atoms with E-state index >= 15 is 0 Å². The fourth-order valence-corrected chi connectivity index (χ4v) is 3.59. The molecule has 4 rings (SSSR count). The molecular formula is C23H21N5O5S. The van der Waals surface area contributed by atoms with Gasteiger partial charge in [0.15, 0.2) is 0 Å². The van der Waals surface area contributed by atoms with Crippen LogP contribution in [0, 0.1) is 0 Å². The molecule has 0 saturated heterocycles. The van der Waals surface area contributed by atoms with Crippen LogP contribution in [-0.4, -0.2) is 47.0 Å². The molecule has 174 valence electrons. The van der Waals surface area contributed by atoms with E-state index < -0.39 is 0 Å². The maximum Gasteiger partial charge on any atom is 0.277 e. The van der Waals surface area contributed by atoms with E-state index in [0.717, 1.165) is 11.8 Å². The minimum Gasteiger partial charge on any atom is -0.494 e. The number of methoxy groups -OCH3 is 2. The van der Waals surface area contributed by atoms with Crippen molar-refractivity contribution in [3.63, 3.8) is 0 Å². The number of hydrogen-bond acceptors (Lipinski definition) is 8. The van der Waals surface area contributed by atoms with Crippen molar-refractivity contribution in [1.29, 1.82) is 0 Å². The summed E-state index contributed by atoms with van der Waals surface area (Å²) >= 11 is 1.10. The Morgan fingerprint density at radius 3 is 2.32 bits per heavy atom. The summed E-state index contributed by atoms with van der Waals surface area (Å²) < 4.78 is 16.4. The van der Waals surface area contributed by atoms with Crippen LogP contribution in [0.15, 0.2) is 70.4 Å². The van der Waals surface area contributed by atoms with Gasteiger partial charge < -0.3 is 29.5 Å². The number of aromatic nitrogens is 3. The standard InChI is InChI=1S/C23H21N5O5S/c1-31-18-12-17(26-21(30)14-7-4-3-5-8-14)19(32-2)11-16(18)25-20(29)13-34-23-28-27-22(33-23)15-9-6-10-24-15/h3-12,24H,13H2,1-2H3,(H,25,29)(H,26,30). The van der Waals surface area contributed by atoms with Gasteiger partial charge in [-0.2, -0.15) is 0 Å². The average molecular weight is 480 g/mol. The number of aromatic amines is 1. The molecule has 0 bridgehead atoms. The van der Waals surface area contributed by atoms with Crippen molar-refractivity contribution in [3.05, 3.63) is 66.4 Å². The van der Waals surface area contributed by atoms with E-state index in [0.29, 0.717) is 40.0 Å². The zero-order valence-corrected chi connectivity index (χ0v) is 19.1. The van der Waals surface area contributed by atoms with Gasteiger partial charge >= 0.3 is 0 Å². The zero-order valence-electron chi connectivity index (χ0n) is 18.3. The molecule has 0 atom stereocenters. The lowest BCUT2D eigenvalue weighted by molar-refractivity contribution is -0.113. The van der Waals surface area contributed by atoms with Gasteiger partial charge in [0.2, 0.25) is 5.91 Å². The average Bonchev–Trinajstić information content (AvgIpc) is 3.56. The largest absolute Gasteiger partial charge is 0.494 e. The van der Waals surface area contributed by atoms with E-state index in [9.17, 15) is 9.59 Å². The lowest BCUT2D eigenvalue weighted by Crippen LogP contribution is -2.16. The van der Waals surface area contributed by atoms with Crippen molar-refractivity contribution in [1.82, 2.24) is 15.2 Å². The van der Waals surface area contributed by atoms with Crippen LogP contribution in [0.5, 0.6) is 11.5 Å². The topological polar surface area (TPSA) is 131 Å². The third-order valence-electron chi connectivity index (χ3n) is 4.64. The number of H-pyrrole nitrogens is 1. The second kappa shape index (κ2) is 10.6. The maximum absolute atomic E-state index is 12.5. The molecule has 0 fully saturated rings. The van der Waals surface area contributed by atoms with Crippen LogP contribution in [0.4, 0.5) is 11.4 Å². The number of hydrogen-bond donors (Lipinski definition) is 3. The highest BCUT2D eigenvalue weighted by atomic mass is 32.2. The maximum atomic E-state index is 12.5. The molecule has 2 aromatic carbocycles. The van der Waals surface area contributed by atoms with Crippen molar-refractivity contribution in [2.75, 3.05) is 30.6 Å². The molecule has 2 amide bonds. The van der Waals surface area contributed by atoms with E-state index in [2.05, 4.69) is 25.8 Å². The van der Waals surface area contributed by atoms with Crippen molar-refractivity contribution in [2.45, 2.75) is 5.22 Å². The first-order valence-electron chi connectivity index (χ1n) is 10.1. The minimum atomic E-state index is -0.314. The van der Waals surface area contributed by atoms with Gasteiger partial charge in [-0.3, -0.25) is 9.59 Å². The van der Waals surface area contributed by atoms with Crippen LogP contribution in [0.25, 0.3) is 11.6 Å². The monoisotopic (exact) mass is 479 g/mol. The van der Waals surface area contributed by atoms with Crippen LogP contribution in [0.3, 0.4) is 0 Å². The molecule has 0 spiro atoms. The highest BCUT2D eigenvalue weighted by molar-refractivity contribution is 7.99. The predicted molar refractivity (Wildman–Crippen MR) is 127 cm³/mol. The third kappa shape index (κ3) is 5.38. The molecule has 0 aliphatic rings. The van der Waals surface area contributed by atoms with Crippen molar-refractivity contribution < 1.29 is 23.5 Å². The molecule has 2 heterocycles. The Labute approximate surface area is 199 Å². The molecule has 10 nitrogen and oxygen atoms in total. The van der Waals surface area contributed by atoms with E-state index in [1.54, 1.807) is 48.7 Å². The highest BCUT2D eigenvalue weighted by Gasteiger charge is 2.17. The molecule has 2 aromatic heterocycles. The smallest absolute Gasteiger partial charge is 0.277 e. The molecule has 11 heteroatoms. The van der Waals surface area contributed by atoms with Crippen LogP contribution in [-0.2, 0) is 4.79 Å². The number of ether oxygens (including phenoxy) is 2. The van der Waals surface area contributed by atoms with E-state index in [1.807, 2.05) is 12.1 Å². The molecule has 34 heavy (non-hydrogen) atoms. The third-order valence-corrected chi connectivity index (χ3v) is 5.46. The first kappa shape index (κ1) is 22.9. The summed E-state index contributed by atoms with van der Waals surface area (Å²) in [6.07, 6.45) is 1.75. The number of amides is 2. The number of thioether (sulfide) groups is 1. The number of anilines is 2. The second-order valence-corrected chi connectivity index (χ2v) is 7.79. The van der Waals surface area contributed by atoms with Gasteiger partial charge in [0.25, 0.3) is 17.0 Å². The van der Waals surface area contributed by atoms with Gasteiger partial charge in [0.1, 0.15) is 17.2 Å². The van der Waals surface area contributed by atoms with Gasteiger partial charge in [-0.05, 0) is 24.3 Å². The first-order chi connectivity index (χ1) is 16.6. The van der Waals surface area contributed by atoms with E-state index in [1.165, 1.54) is 14.2 Å². The number of benzene rings is 2. The van der Waals surface area contributed by atoms with Crippen molar-refractivity contribution in [2.24, 2.45) is 0 Å². The van der Waals surface area contributed by atoms with Crippen molar-refractivity contribution in [3.8, 4) is 23.1 Å². The fourth-order valence-electron chi connectivity index (χ4n) is 3.03. The molecule has 0 radical (unpaired) electrons. The molecule has 0 aliphatic heterocycles. The summed E-state index contributed by atoms with van der Waals surface area (Å²) in [6.45, 7) is 0. The second-order valence-electron chi connectivity index (χ2n) is 6.87. The van der Waals surface area contributed by atoms with Crippen molar-refractivity contribution >= 4 is 35.0 Å². The molecule has 0 aliphatic carbocycles. The lowest BCUT2D eigenvalue weighted by Gasteiger charge is -2.16. The van der Waals surface area contributed by atoms with Crippen LogP contribution in [0.1, 0.15) is 10.4 Å². The summed E-state index contributed by atoms with van der Waals surface area (Å²) in [5, 5.41) is 13.7. The van der Waals surface area contributed by atoms with Crippen LogP contribution >= 0.6 is 11.8 Å². The minimum absolute atomic E-state index is 0.0321. The molecular weight excluding hydrogens is 458 g/mol. The lowest BCUT2D eigenvalue weighted by atomic mass is 10.2. The first-order valence-corrected chi connectivity index (χ1v) is 11.1. The molecule has 4 aromatic rings. The van der Waals surface area contributed by atoms with Gasteiger partial charge in [0, 0.05) is 23.9 Å². The molecule has 0 saturated carbocycles. The Bertz CT molecular complexity index is 1270. The quantitative estimate of drug-likeness (QED) is 0.306. The van der Waals surface area contributed by atoms with Gasteiger partial charge in [-0.25, -0.2) is 0 Å². The number of nitrogens with zero attached hydrogens (tertiary/aromatic N) is 2. The Morgan fingerprint density at radius 2 is 1.68 bits per heavy atom. The molecule has 3 N–H and O–H groups in total. The van der Waals surface area contributed by atoms with Gasteiger partial charge in [-0.1, -0.05) is 30.0 Å². The summed E-state index contributed by atoms with van der Waals surface area (Å²) in [7, 11) is 2.94. The Kier molecular flexibility index (Phi) is 7.13. The van der Waals surface area contributed by atoms with Gasteiger partial charge in [0.05, 0.1) is 31.3 Å². The molecule has 0 unspecified atom stereocenters.